The minimum absolute atomic E-state index is 0.130. The Balaban J connectivity index is 2.36. The first-order valence-electron chi connectivity index (χ1n) is 7.86. The molecule has 4 nitrogen and oxygen atoms in total. The second-order valence-corrected chi connectivity index (χ2v) is 5.51. The van der Waals surface area contributed by atoms with E-state index in [9.17, 15) is 4.79 Å². The third-order valence-electron chi connectivity index (χ3n) is 3.27. The quantitative estimate of drug-likeness (QED) is 0.635. The number of nitrogens with zero attached hydrogens (tertiary/aromatic N) is 1. The molecule has 0 spiro atoms. The van der Waals surface area contributed by atoms with E-state index in [4.69, 9.17) is 11.6 Å². The fourth-order valence-corrected chi connectivity index (χ4v) is 2.28. The Morgan fingerprint density at radius 1 is 1.19 bits per heavy atom. The molecule has 5 heteroatoms. The van der Waals surface area contributed by atoms with Crippen molar-refractivity contribution in [2.75, 3.05) is 18.4 Å². The number of amides is 1. The molecule has 1 heterocycles. The summed E-state index contributed by atoms with van der Waals surface area (Å²) < 4.78 is 0. The molecule has 0 bridgehead atoms. The molecule has 0 radical (unpaired) electrons. The predicted octanol–water partition coefficient (Wildman–Crippen LogP) is 4.26. The number of carbonyl (C=O) groups is 1. The number of unbranched alkanes of at least 4 members (excludes halogenated alkanes) is 5. The summed E-state index contributed by atoms with van der Waals surface area (Å²) in [4.78, 5) is 16.2. The number of hydrogen-bond donors (Lipinski definition) is 2. The van der Waals surface area contributed by atoms with Crippen molar-refractivity contribution in [2.24, 2.45) is 0 Å². The minimum Gasteiger partial charge on any atom is -0.370 e. The summed E-state index contributed by atoms with van der Waals surface area (Å²) in [5.41, 5.74) is 0.480. The fourth-order valence-electron chi connectivity index (χ4n) is 2.09. The van der Waals surface area contributed by atoms with E-state index in [0.29, 0.717) is 22.9 Å². The summed E-state index contributed by atoms with van der Waals surface area (Å²) in [6.45, 7) is 5.64. The van der Waals surface area contributed by atoms with Crippen LogP contribution in [0.1, 0.15) is 62.7 Å². The Bertz CT molecular complexity index is 438. The predicted molar refractivity (Wildman–Crippen MR) is 89.1 cm³/mol. The number of aromatic nitrogens is 1. The molecule has 0 fully saturated rings. The van der Waals surface area contributed by atoms with Gasteiger partial charge in [-0.3, -0.25) is 4.79 Å². The largest absolute Gasteiger partial charge is 0.370 e. The van der Waals surface area contributed by atoms with Gasteiger partial charge in [0.15, 0.2) is 0 Å². The van der Waals surface area contributed by atoms with Gasteiger partial charge < -0.3 is 10.6 Å². The molecule has 0 atom stereocenters. The zero-order valence-electron chi connectivity index (χ0n) is 13.0. The van der Waals surface area contributed by atoms with E-state index in [1.54, 1.807) is 6.07 Å². The molecule has 0 aliphatic carbocycles. The van der Waals surface area contributed by atoms with Gasteiger partial charge in [0, 0.05) is 19.3 Å². The van der Waals surface area contributed by atoms with Gasteiger partial charge >= 0.3 is 0 Å². The normalized spacial score (nSPS) is 10.4. The van der Waals surface area contributed by atoms with E-state index < -0.39 is 0 Å². The number of hydrogen-bond acceptors (Lipinski definition) is 3. The van der Waals surface area contributed by atoms with Gasteiger partial charge in [0.05, 0.1) is 10.6 Å². The van der Waals surface area contributed by atoms with Crippen molar-refractivity contribution >= 4 is 23.3 Å². The standard InChI is InChI=1S/C16H26ClN3O/c1-3-5-6-7-8-9-10-19-16(21)13-11-15(18-4-2)20-12-14(13)17/h11-12H,3-10H2,1-2H3,(H,18,20)(H,19,21). The molecule has 21 heavy (non-hydrogen) atoms. The number of carbonyl (C=O) groups excluding carboxylic acids is 1. The van der Waals surface area contributed by atoms with Crippen LogP contribution in [0.3, 0.4) is 0 Å². The lowest BCUT2D eigenvalue weighted by molar-refractivity contribution is 0.0953. The highest BCUT2D eigenvalue weighted by atomic mass is 35.5. The maximum atomic E-state index is 12.1. The van der Waals surface area contributed by atoms with Crippen LogP contribution in [0.4, 0.5) is 5.82 Å². The van der Waals surface area contributed by atoms with Gasteiger partial charge in [0.2, 0.25) is 0 Å². The molecule has 0 unspecified atom stereocenters. The van der Waals surface area contributed by atoms with E-state index in [2.05, 4.69) is 22.5 Å². The number of nitrogens with one attached hydrogen (secondary N) is 2. The number of halogens is 1. The number of rotatable bonds is 10. The molecule has 0 aliphatic rings. The van der Waals surface area contributed by atoms with Crippen molar-refractivity contribution in [2.45, 2.75) is 52.4 Å². The lowest BCUT2D eigenvalue weighted by Gasteiger charge is -2.09. The maximum absolute atomic E-state index is 12.1. The average Bonchev–Trinajstić information content (AvgIpc) is 2.48. The monoisotopic (exact) mass is 311 g/mol. The van der Waals surface area contributed by atoms with Crippen LogP contribution in [0.5, 0.6) is 0 Å². The van der Waals surface area contributed by atoms with Crippen molar-refractivity contribution in [3.63, 3.8) is 0 Å². The first kappa shape index (κ1) is 17.8. The van der Waals surface area contributed by atoms with Gasteiger partial charge in [0.1, 0.15) is 5.82 Å². The summed E-state index contributed by atoms with van der Waals surface area (Å²) in [5.74, 6) is 0.543. The van der Waals surface area contributed by atoms with Crippen molar-refractivity contribution in [3.05, 3.63) is 22.8 Å². The Kier molecular flexibility index (Phi) is 8.83. The SMILES string of the molecule is CCCCCCCCNC(=O)c1cc(NCC)ncc1Cl. The maximum Gasteiger partial charge on any atom is 0.252 e. The minimum atomic E-state index is -0.130. The molecule has 1 aromatic rings. The smallest absolute Gasteiger partial charge is 0.252 e. The molecule has 0 aliphatic heterocycles. The van der Waals surface area contributed by atoms with Crippen LogP contribution in [0.15, 0.2) is 12.3 Å². The van der Waals surface area contributed by atoms with E-state index in [0.717, 1.165) is 19.4 Å². The van der Waals surface area contributed by atoms with Crippen molar-refractivity contribution in [3.8, 4) is 0 Å². The lowest BCUT2D eigenvalue weighted by Crippen LogP contribution is -2.25. The second kappa shape index (κ2) is 10.4. The van der Waals surface area contributed by atoms with Gasteiger partial charge in [-0.15, -0.1) is 0 Å². The van der Waals surface area contributed by atoms with E-state index in [1.165, 1.54) is 31.9 Å². The lowest BCUT2D eigenvalue weighted by atomic mass is 10.1. The van der Waals surface area contributed by atoms with Crippen molar-refractivity contribution in [1.29, 1.82) is 0 Å². The zero-order chi connectivity index (χ0) is 15.5. The van der Waals surface area contributed by atoms with Crippen molar-refractivity contribution < 1.29 is 4.79 Å². The molecule has 1 amide bonds. The Labute approximate surface area is 132 Å². The molecular formula is C16H26ClN3O. The highest BCUT2D eigenvalue weighted by molar-refractivity contribution is 6.33. The van der Waals surface area contributed by atoms with Crippen LogP contribution in [0.2, 0.25) is 5.02 Å². The summed E-state index contributed by atoms with van der Waals surface area (Å²) in [6, 6.07) is 1.70. The van der Waals surface area contributed by atoms with Gasteiger partial charge in [-0.05, 0) is 19.4 Å². The summed E-state index contributed by atoms with van der Waals surface area (Å²) >= 11 is 6.04. The highest BCUT2D eigenvalue weighted by Crippen LogP contribution is 2.17. The average molecular weight is 312 g/mol. The summed E-state index contributed by atoms with van der Waals surface area (Å²) in [7, 11) is 0. The molecule has 1 aromatic heterocycles. The third-order valence-corrected chi connectivity index (χ3v) is 3.57. The van der Waals surface area contributed by atoms with Gasteiger partial charge in [-0.2, -0.15) is 0 Å². The first-order chi connectivity index (χ1) is 10.2. The second-order valence-electron chi connectivity index (χ2n) is 5.10. The zero-order valence-corrected chi connectivity index (χ0v) is 13.8. The Morgan fingerprint density at radius 2 is 1.90 bits per heavy atom. The van der Waals surface area contributed by atoms with E-state index >= 15 is 0 Å². The van der Waals surface area contributed by atoms with Crippen molar-refractivity contribution in [1.82, 2.24) is 10.3 Å². The topological polar surface area (TPSA) is 54.0 Å². The van der Waals surface area contributed by atoms with Crippen LogP contribution < -0.4 is 10.6 Å². The Hall–Kier alpha value is -1.29. The van der Waals surface area contributed by atoms with Crippen LogP contribution >= 0.6 is 11.6 Å². The van der Waals surface area contributed by atoms with E-state index in [-0.39, 0.29) is 5.91 Å². The van der Waals surface area contributed by atoms with E-state index in [1.807, 2.05) is 6.92 Å². The molecule has 0 saturated carbocycles. The number of anilines is 1. The molecule has 1 rings (SSSR count). The third kappa shape index (κ3) is 6.80. The molecular weight excluding hydrogens is 286 g/mol. The van der Waals surface area contributed by atoms with Gasteiger partial charge in [-0.1, -0.05) is 50.6 Å². The molecule has 0 aromatic carbocycles. The molecule has 0 saturated heterocycles. The number of pyridine rings is 1. The first-order valence-corrected chi connectivity index (χ1v) is 8.24. The Morgan fingerprint density at radius 3 is 2.62 bits per heavy atom. The van der Waals surface area contributed by atoms with Crippen LogP contribution in [0, 0.1) is 0 Å². The molecule has 118 valence electrons. The van der Waals surface area contributed by atoms with Crippen LogP contribution in [0.25, 0.3) is 0 Å². The highest BCUT2D eigenvalue weighted by Gasteiger charge is 2.11. The molecule has 2 N–H and O–H groups in total. The van der Waals surface area contributed by atoms with Crippen LogP contribution in [-0.4, -0.2) is 24.0 Å². The van der Waals surface area contributed by atoms with Crippen LogP contribution in [-0.2, 0) is 0 Å². The summed E-state index contributed by atoms with van der Waals surface area (Å²) in [5, 5.41) is 6.38. The summed E-state index contributed by atoms with van der Waals surface area (Å²) in [6.07, 6.45) is 8.76. The van der Waals surface area contributed by atoms with Gasteiger partial charge in [-0.25, -0.2) is 4.98 Å². The fraction of sp³-hybridized carbons (Fsp3) is 0.625. The van der Waals surface area contributed by atoms with Gasteiger partial charge in [0.25, 0.3) is 5.91 Å².